The molecule has 130 valence electrons. The van der Waals surface area contributed by atoms with Gasteiger partial charge in [-0.05, 0) is 53.6 Å². The summed E-state index contributed by atoms with van der Waals surface area (Å²) in [7, 11) is 0. The van der Waals surface area contributed by atoms with Crippen molar-refractivity contribution in [3.63, 3.8) is 0 Å². The number of fused-ring (bicyclic) bond motifs is 2. The van der Waals surface area contributed by atoms with Crippen molar-refractivity contribution < 1.29 is 0 Å². The second-order valence-electron chi connectivity index (χ2n) is 7.93. The first-order chi connectivity index (χ1) is 12.0. The van der Waals surface area contributed by atoms with Gasteiger partial charge in [0.15, 0.2) is 0 Å². The molecular weight excluding hydrogens is 306 g/mol. The van der Waals surface area contributed by atoms with Crippen LogP contribution < -0.4 is 5.32 Å². The van der Waals surface area contributed by atoms with Crippen molar-refractivity contribution in [2.75, 3.05) is 0 Å². The highest BCUT2D eigenvalue weighted by molar-refractivity contribution is 5.80. The fourth-order valence-corrected chi connectivity index (χ4v) is 3.67. The number of hydrogen-bond acceptors (Lipinski definition) is 2. The van der Waals surface area contributed by atoms with Crippen molar-refractivity contribution in [1.29, 1.82) is 0 Å². The van der Waals surface area contributed by atoms with Crippen LogP contribution in [0.4, 0.5) is 0 Å². The molecule has 0 amide bonds. The maximum Gasteiger partial charge on any atom is 0.138 e. The number of pyridine rings is 1. The van der Waals surface area contributed by atoms with Crippen molar-refractivity contribution in [2.45, 2.75) is 52.6 Å². The lowest BCUT2D eigenvalue weighted by molar-refractivity contribution is 0.377. The maximum absolute atomic E-state index is 4.88. The Labute approximate surface area is 149 Å². The molecule has 0 fully saturated rings. The number of benzene rings is 1. The minimum atomic E-state index is 0.488. The summed E-state index contributed by atoms with van der Waals surface area (Å²) >= 11 is 0. The van der Waals surface area contributed by atoms with E-state index < -0.39 is 0 Å². The zero-order valence-corrected chi connectivity index (χ0v) is 15.6. The van der Waals surface area contributed by atoms with Crippen LogP contribution in [0, 0.1) is 5.92 Å². The SMILES string of the molecule is CC(C)c1cc2ccc(-c3ccc4c(c3)CC(C(C)C)NC4)nc2[nH]1. The number of H-pyrrole nitrogens is 1. The molecule has 4 rings (SSSR count). The van der Waals surface area contributed by atoms with Crippen molar-refractivity contribution in [3.8, 4) is 11.3 Å². The molecule has 1 atom stereocenters. The van der Waals surface area contributed by atoms with Crippen molar-refractivity contribution in [2.24, 2.45) is 5.92 Å². The molecule has 0 aliphatic carbocycles. The van der Waals surface area contributed by atoms with Crippen LogP contribution in [0.15, 0.2) is 36.4 Å². The van der Waals surface area contributed by atoms with Crippen LogP contribution in [-0.4, -0.2) is 16.0 Å². The lowest BCUT2D eigenvalue weighted by atomic mass is 9.88. The van der Waals surface area contributed by atoms with Gasteiger partial charge in [-0.25, -0.2) is 4.98 Å². The Kier molecular flexibility index (Phi) is 4.12. The number of rotatable bonds is 3. The van der Waals surface area contributed by atoms with Crippen molar-refractivity contribution in [1.82, 2.24) is 15.3 Å². The van der Waals surface area contributed by atoms with Crippen LogP contribution in [0.25, 0.3) is 22.3 Å². The summed E-state index contributed by atoms with van der Waals surface area (Å²) in [5, 5.41) is 4.84. The summed E-state index contributed by atoms with van der Waals surface area (Å²) in [5.41, 5.74) is 7.38. The van der Waals surface area contributed by atoms with E-state index in [1.165, 1.54) is 27.8 Å². The predicted molar refractivity (Wildman–Crippen MR) is 105 cm³/mol. The first-order valence-electron chi connectivity index (χ1n) is 9.36. The highest BCUT2D eigenvalue weighted by Gasteiger charge is 2.21. The first-order valence-corrected chi connectivity index (χ1v) is 9.36. The molecule has 0 saturated carbocycles. The number of nitrogens with one attached hydrogen (secondary N) is 2. The zero-order valence-electron chi connectivity index (χ0n) is 15.6. The Bertz CT molecular complexity index is 905. The average Bonchev–Trinajstić information content (AvgIpc) is 3.04. The minimum absolute atomic E-state index is 0.488. The third kappa shape index (κ3) is 3.09. The van der Waals surface area contributed by atoms with E-state index in [1.807, 2.05) is 0 Å². The Morgan fingerprint density at radius 1 is 1.00 bits per heavy atom. The van der Waals surface area contributed by atoms with Gasteiger partial charge < -0.3 is 10.3 Å². The second-order valence-corrected chi connectivity index (χ2v) is 7.93. The fourth-order valence-electron chi connectivity index (χ4n) is 3.67. The zero-order chi connectivity index (χ0) is 17.6. The van der Waals surface area contributed by atoms with E-state index in [9.17, 15) is 0 Å². The summed E-state index contributed by atoms with van der Waals surface area (Å²) in [5.74, 6) is 1.14. The van der Waals surface area contributed by atoms with Gasteiger partial charge in [-0.3, -0.25) is 0 Å². The topological polar surface area (TPSA) is 40.7 Å². The van der Waals surface area contributed by atoms with Gasteiger partial charge in [0.2, 0.25) is 0 Å². The second kappa shape index (κ2) is 6.30. The van der Waals surface area contributed by atoms with E-state index in [2.05, 4.69) is 74.4 Å². The molecule has 1 aliphatic rings. The van der Waals surface area contributed by atoms with E-state index in [-0.39, 0.29) is 0 Å². The van der Waals surface area contributed by atoms with Crippen molar-refractivity contribution in [3.05, 3.63) is 53.2 Å². The number of hydrogen-bond donors (Lipinski definition) is 2. The van der Waals surface area contributed by atoms with E-state index >= 15 is 0 Å². The minimum Gasteiger partial charge on any atom is -0.343 e. The van der Waals surface area contributed by atoms with Gasteiger partial charge in [0, 0.05) is 29.2 Å². The standard InChI is InChI=1S/C22H27N3/c1-13(2)20-11-18-9-15(5-6-17(18)12-23-20)19-8-7-16-10-21(14(3)4)25-22(16)24-19/h5-10,13-14,20,23H,11-12H2,1-4H3,(H,24,25). The molecule has 3 heterocycles. The van der Waals surface area contributed by atoms with Crippen LogP contribution in [0.5, 0.6) is 0 Å². The molecule has 2 N–H and O–H groups in total. The summed E-state index contributed by atoms with van der Waals surface area (Å²) in [6.45, 7) is 9.96. The first kappa shape index (κ1) is 16.3. The summed E-state index contributed by atoms with van der Waals surface area (Å²) in [4.78, 5) is 8.35. The lowest BCUT2D eigenvalue weighted by Crippen LogP contribution is -2.39. The van der Waals surface area contributed by atoms with Gasteiger partial charge in [0.05, 0.1) is 5.69 Å². The molecule has 2 aromatic heterocycles. The highest BCUT2D eigenvalue weighted by atomic mass is 14.9. The molecular formula is C22H27N3. The third-order valence-corrected chi connectivity index (χ3v) is 5.42. The third-order valence-electron chi connectivity index (χ3n) is 5.42. The summed E-state index contributed by atoms with van der Waals surface area (Å²) in [6, 6.07) is 13.9. The van der Waals surface area contributed by atoms with Gasteiger partial charge in [-0.1, -0.05) is 39.8 Å². The molecule has 0 bridgehead atoms. The van der Waals surface area contributed by atoms with Crippen LogP contribution in [0.3, 0.4) is 0 Å². The van der Waals surface area contributed by atoms with Crippen LogP contribution in [0.1, 0.15) is 50.4 Å². The molecule has 0 radical (unpaired) electrons. The van der Waals surface area contributed by atoms with Crippen LogP contribution in [0.2, 0.25) is 0 Å². The Balaban J connectivity index is 1.70. The number of aromatic amines is 1. The predicted octanol–water partition coefficient (Wildman–Crippen LogP) is 5.02. The highest BCUT2D eigenvalue weighted by Crippen LogP contribution is 2.28. The molecule has 25 heavy (non-hydrogen) atoms. The lowest BCUT2D eigenvalue weighted by Gasteiger charge is -2.29. The molecule has 3 heteroatoms. The quantitative estimate of drug-likeness (QED) is 0.706. The van der Waals surface area contributed by atoms with E-state index in [4.69, 9.17) is 4.98 Å². The molecule has 0 spiro atoms. The molecule has 1 unspecified atom stereocenters. The fraction of sp³-hybridized carbons (Fsp3) is 0.409. The van der Waals surface area contributed by atoms with Gasteiger partial charge in [-0.2, -0.15) is 0 Å². The van der Waals surface area contributed by atoms with Gasteiger partial charge in [0.25, 0.3) is 0 Å². The average molecular weight is 333 g/mol. The van der Waals surface area contributed by atoms with E-state index in [0.717, 1.165) is 24.3 Å². The largest absolute Gasteiger partial charge is 0.343 e. The maximum atomic E-state index is 4.88. The molecule has 3 nitrogen and oxygen atoms in total. The molecule has 0 saturated heterocycles. The molecule has 1 aromatic carbocycles. The monoisotopic (exact) mass is 333 g/mol. The van der Waals surface area contributed by atoms with E-state index in [1.54, 1.807) is 0 Å². The Morgan fingerprint density at radius 3 is 2.60 bits per heavy atom. The number of aromatic nitrogens is 2. The van der Waals surface area contributed by atoms with Gasteiger partial charge in [0.1, 0.15) is 5.65 Å². The summed E-state index contributed by atoms with van der Waals surface area (Å²) in [6.07, 6.45) is 1.10. The Morgan fingerprint density at radius 2 is 1.84 bits per heavy atom. The van der Waals surface area contributed by atoms with Crippen LogP contribution in [-0.2, 0) is 13.0 Å². The molecule has 3 aromatic rings. The Hall–Kier alpha value is -2.13. The summed E-state index contributed by atoms with van der Waals surface area (Å²) < 4.78 is 0. The van der Waals surface area contributed by atoms with Crippen molar-refractivity contribution >= 4 is 11.0 Å². The van der Waals surface area contributed by atoms with Gasteiger partial charge >= 0.3 is 0 Å². The van der Waals surface area contributed by atoms with Gasteiger partial charge in [-0.15, -0.1) is 0 Å². The number of nitrogens with zero attached hydrogens (tertiary/aromatic N) is 1. The van der Waals surface area contributed by atoms with Crippen LogP contribution >= 0.6 is 0 Å². The smallest absolute Gasteiger partial charge is 0.138 e. The van der Waals surface area contributed by atoms with E-state index in [0.29, 0.717) is 17.9 Å². The normalized spacial score (nSPS) is 17.4. The molecule has 1 aliphatic heterocycles.